The summed E-state index contributed by atoms with van der Waals surface area (Å²) in [5.74, 6) is -0.180. The third-order valence-corrected chi connectivity index (χ3v) is 5.53. The predicted molar refractivity (Wildman–Crippen MR) is 123 cm³/mol. The lowest BCUT2D eigenvalue weighted by atomic mass is 10.1. The Labute approximate surface area is 194 Å². The van der Waals surface area contributed by atoms with E-state index in [0.717, 1.165) is 0 Å². The summed E-state index contributed by atoms with van der Waals surface area (Å²) in [6.45, 7) is 3.85. The summed E-state index contributed by atoms with van der Waals surface area (Å²) in [4.78, 5) is 43.1. The molecule has 0 unspecified atom stereocenters. The molecule has 0 fully saturated rings. The van der Waals surface area contributed by atoms with E-state index in [2.05, 4.69) is 15.6 Å². The van der Waals surface area contributed by atoms with Gasteiger partial charge in [0.05, 0.1) is 24.9 Å². The number of hydrogen-bond donors (Lipinski definition) is 2. The molecule has 0 aliphatic carbocycles. The molecule has 0 spiro atoms. The fourth-order valence-electron chi connectivity index (χ4n) is 2.83. The van der Waals surface area contributed by atoms with Crippen LogP contribution >= 0.6 is 22.9 Å². The zero-order valence-corrected chi connectivity index (χ0v) is 19.2. The van der Waals surface area contributed by atoms with Gasteiger partial charge in [-0.3, -0.25) is 14.4 Å². The lowest BCUT2D eigenvalue weighted by Crippen LogP contribution is -2.42. The highest BCUT2D eigenvalue weighted by atomic mass is 35.5. The van der Waals surface area contributed by atoms with Gasteiger partial charge in [0, 0.05) is 22.0 Å². The fraction of sp³-hybridized carbons (Fsp3) is 0.273. The molecule has 2 aromatic heterocycles. The standard InChI is InChI=1S/C22H23ClN4O4S/c1-14(2)27(21(30)15-5-7-16(23)8-6-15)12-20(29)26-22-25-17(13-32-22)10-19(28)24-11-18-4-3-9-31-18/h3-9,13-14H,10-12H2,1-2H3,(H,24,28)(H,25,26,29). The van der Waals surface area contributed by atoms with Crippen LogP contribution in [-0.2, 0) is 22.6 Å². The molecule has 32 heavy (non-hydrogen) atoms. The fourth-order valence-corrected chi connectivity index (χ4v) is 3.68. The van der Waals surface area contributed by atoms with Crippen LogP contribution in [0.1, 0.15) is 35.7 Å². The number of thiazole rings is 1. The van der Waals surface area contributed by atoms with Crippen molar-refractivity contribution in [2.24, 2.45) is 0 Å². The minimum Gasteiger partial charge on any atom is -0.467 e. The number of carbonyl (C=O) groups excluding carboxylic acids is 3. The van der Waals surface area contributed by atoms with Gasteiger partial charge in [0.1, 0.15) is 12.3 Å². The van der Waals surface area contributed by atoms with Gasteiger partial charge in [0.25, 0.3) is 5.91 Å². The van der Waals surface area contributed by atoms with Crippen molar-refractivity contribution in [3.63, 3.8) is 0 Å². The van der Waals surface area contributed by atoms with Gasteiger partial charge in [-0.2, -0.15) is 0 Å². The van der Waals surface area contributed by atoms with E-state index in [1.807, 2.05) is 13.8 Å². The minimum absolute atomic E-state index is 0.0836. The zero-order chi connectivity index (χ0) is 23.1. The molecule has 3 aromatic rings. The molecule has 3 amide bonds. The number of furan rings is 1. The number of benzene rings is 1. The van der Waals surface area contributed by atoms with E-state index in [-0.39, 0.29) is 36.7 Å². The van der Waals surface area contributed by atoms with E-state index >= 15 is 0 Å². The average molecular weight is 475 g/mol. The molecule has 0 aliphatic heterocycles. The molecule has 0 atom stereocenters. The van der Waals surface area contributed by atoms with E-state index in [9.17, 15) is 14.4 Å². The van der Waals surface area contributed by atoms with Crippen molar-refractivity contribution in [2.45, 2.75) is 32.9 Å². The van der Waals surface area contributed by atoms with Crippen LogP contribution in [0.15, 0.2) is 52.5 Å². The molecule has 10 heteroatoms. The Balaban J connectivity index is 1.53. The first kappa shape index (κ1) is 23.5. The maximum absolute atomic E-state index is 12.8. The maximum atomic E-state index is 12.8. The highest BCUT2D eigenvalue weighted by molar-refractivity contribution is 7.13. The Morgan fingerprint density at radius 1 is 1.16 bits per heavy atom. The van der Waals surface area contributed by atoms with Gasteiger partial charge >= 0.3 is 0 Å². The topological polar surface area (TPSA) is 105 Å². The second-order valence-electron chi connectivity index (χ2n) is 7.26. The normalized spacial score (nSPS) is 10.8. The third kappa shape index (κ3) is 6.66. The largest absolute Gasteiger partial charge is 0.467 e. The molecule has 3 rings (SSSR count). The number of nitrogens with zero attached hydrogens (tertiary/aromatic N) is 2. The van der Waals surface area contributed by atoms with E-state index < -0.39 is 0 Å². The van der Waals surface area contributed by atoms with Crippen LogP contribution in [0, 0.1) is 0 Å². The summed E-state index contributed by atoms with van der Waals surface area (Å²) in [5, 5.41) is 8.05. The van der Waals surface area contributed by atoms with Crippen molar-refractivity contribution in [3.8, 4) is 0 Å². The number of anilines is 1. The molecule has 8 nitrogen and oxygen atoms in total. The van der Waals surface area contributed by atoms with Gasteiger partial charge in [-0.1, -0.05) is 11.6 Å². The van der Waals surface area contributed by atoms with E-state index in [1.165, 1.54) is 16.2 Å². The SMILES string of the molecule is CC(C)N(CC(=O)Nc1nc(CC(=O)NCc2ccco2)cs1)C(=O)c1ccc(Cl)cc1. The van der Waals surface area contributed by atoms with Crippen LogP contribution in [-0.4, -0.2) is 40.2 Å². The number of aromatic nitrogens is 1. The molecule has 0 aliphatic rings. The van der Waals surface area contributed by atoms with Crippen LogP contribution in [0.3, 0.4) is 0 Å². The maximum Gasteiger partial charge on any atom is 0.254 e. The summed E-state index contributed by atoms with van der Waals surface area (Å²) < 4.78 is 5.17. The van der Waals surface area contributed by atoms with Gasteiger partial charge in [-0.25, -0.2) is 4.98 Å². The van der Waals surface area contributed by atoms with Crippen molar-refractivity contribution in [1.29, 1.82) is 0 Å². The molecule has 1 aromatic carbocycles. The summed E-state index contributed by atoms with van der Waals surface area (Å²) in [5.41, 5.74) is 0.994. The Hall–Kier alpha value is -3.17. The molecule has 0 bridgehead atoms. The lowest BCUT2D eigenvalue weighted by Gasteiger charge is -2.26. The van der Waals surface area contributed by atoms with Crippen LogP contribution in [0.5, 0.6) is 0 Å². The van der Waals surface area contributed by atoms with Crippen molar-refractivity contribution in [2.75, 3.05) is 11.9 Å². The Bertz CT molecular complexity index is 1060. The molecule has 0 saturated heterocycles. The Morgan fingerprint density at radius 2 is 1.91 bits per heavy atom. The number of carbonyl (C=O) groups is 3. The first-order chi connectivity index (χ1) is 15.3. The van der Waals surface area contributed by atoms with Crippen molar-refractivity contribution >= 4 is 45.8 Å². The van der Waals surface area contributed by atoms with Crippen LogP contribution in [0.25, 0.3) is 0 Å². The molecule has 2 N–H and O–H groups in total. The second kappa shape index (κ2) is 10.9. The van der Waals surface area contributed by atoms with Crippen molar-refractivity contribution in [1.82, 2.24) is 15.2 Å². The monoisotopic (exact) mass is 474 g/mol. The first-order valence-corrected chi connectivity index (χ1v) is 11.2. The molecule has 168 valence electrons. The van der Waals surface area contributed by atoms with E-state index in [4.69, 9.17) is 16.0 Å². The minimum atomic E-state index is -0.371. The summed E-state index contributed by atoms with van der Waals surface area (Å²) in [7, 11) is 0. The highest BCUT2D eigenvalue weighted by Gasteiger charge is 2.22. The quantitative estimate of drug-likeness (QED) is 0.491. The van der Waals surface area contributed by atoms with Crippen molar-refractivity contribution in [3.05, 3.63) is 70.1 Å². The first-order valence-electron chi connectivity index (χ1n) is 9.91. The summed E-state index contributed by atoms with van der Waals surface area (Å²) in [6, 6.07) is 9.86. The van der Waals surface area contributed by atoms with Crippen LogP contribution in [0.2, 0.25) is 5.02 Å². The molecular weight excluding hydrogens is 452 g/mol. The number of hydrogen-bond acceptors (Lipinski definition) is 6. The zero-order valence-electron chi connectivity index (χ0n) is 17.6. The van der Waals surface area contributed by atoms with Gasteiger partial charge in [-0.15, -0.1) is 11.3 Å². The summed E-state index contributed by atoms with van der Waals surface area (Å²) in [6.07, 6.45) is 1.63. The molecule has 2 heterocycles. The van der Waals surface area contributed by atoms with Gasteiger partial charge in [-0.05, 0) is 50.2 Å². The van der Waals surface area contributed by atoms with E-state index in [1.54, 1.807) is 48.0 Å². The number of nitrogens with one attached hydrogen (secondary N) is 2. The van der Waals surface area contributed by atoms with Gasteiger partial charge in [0.2, 0.25) is 11.8 Å². The summed E-state index contributed by atoms with van der Waals surface area (Å²) >= 11 is 7.10. The molecule has 0 saturated carbocycles. The van der Waals surface area contributed by atoms with Crippen LogP contribution in [0.4, 0.5) is 5.13 Å². The van der Waals surface area contributed by atoms with E-state index in [0.29, 0.717) is 33.7 Å². The van der Waals surface area contributed by atoms with Gasteiger partial charge < -0.3 is 20.0 Å². The smallest absolute Gasteiger partial charge is 0.254 e. The highest BCUT2D eigenvalue weighted by Crippen LogP contribution is 2.17. The Kier molecular flexibility index (Phi) is 8.02. The lowest BCUT2D eigenvalue weighted by molar-refractivity contribution is -0.120. The number of rotatable bonds is 9. The molecule has 0 radical (unpaired) electrons. The van der Waals surface area contributed by atoms with Gasteiger partial charge in [0.15, 0.2) is 5.13 Å². The number of halogens is 1. The third-order valence-electron chi connectivity index (χ3n) is 4.47. The van der Waals surface area contributed by atoms with Crippen LogP contribution < -0.4 is 10.6 Å². The second-order valence-corrected chi connectivity index (χ2v) is 8.55. The predicted octanol–water partition coefficient (Wildman–Crippen LogP) is 3.74. The Morgan fingerprint density at radius 3 is 2.56 bits per heavy atom. The molecular formula is C22H23ClN4O4S. The van der Waals surface area contributed by atoms with Crippen molar-refractivity contribution < 1.29 is 18.8 Å². The average Bonchev–Trinajstić information content (AvgIpc) is 3.42. The number of amides is 3.